The van der Waals surface area contributed by atoms with Gasteiger partial charge in [0.1, 0.15) is 10.5 Å². The lowest BCUT2D eigenvalue weighted by atomic mass is 9.99. The zero-order chi connectivity index (χ0) is 22.6. The quantitative estimate of drug-likeness (QED) is 0.624. The molecule has 1 atom stereocenters. The van der Waals surface area contributed by atoms with Gasteiger partial charge in [-0.05, 0) is 45.2 Å². The predicted molar refractivity (Wildman–Crippen MR) is 114 cm³/mol. The molecule has 0 bridgehead atoms. The fourth-order valence-electron chi connectivity index (χ4n) is 3.87. The van der Waals surface area contributed by atoms with Gasteiger partial charge in [-0.2, -0.15) is 4.31 Å². The number of carbonyl (C=O) groups excluding carboxylic acids is 2. The number of rotatable bonds is 7. The molecule has 1 amide bonds. The van der Waals surface area contributed by atoms with E-state index in [0.717, 1.165) is 5.56 Å². The highest BCUT2D eigenvalue weighted by atomic mass is 32.2. The van der Waals surface area contributed by atoms with Crippen LogP contribution < -0.4 is 5.32 Å². The molecule has 2 N–H and O–H groups in total. The smallest absolute Gasteiger partial charge is 0.341 e. The summed E-state index contributed by atoms with van der Waals surface area (Å²) in [6, 6.07) is 3.65. The number of H-pyrrole nitrogens is 1. The summed E-state index contributed by atoms with van der Waals surface area (Å²) in [7, 11) is -3.99. The Morgan fingerprint density at radius 1 is 1.32 bits per heavy atom. The Bertz CT molecular complexity index is 1050. The van der Waals surface area contributed by atoms with Crippen molar-refractivity contribution in [3.63, 3.8) is 0 Å². The van der Waals surface area contributed by atoms with Gasteiger partial charge in [0.25, 0.3) is 0 Å². The second kappa shape index (κ2) is 9.61. The standard InChI is InChI=1S/C21H28N4O5S/c1-4-30-21(27)18-14(2)24-15(3)19(18)31(28,29)25-10-6-8-17(13-25)20(26)23-12-16-7-5-9-22-11-16/h5,7,9,11,17,24H,4,6,8,10,12-13H2,1-3H3,(H,23,26). The number of piperidine rings is 1. The van der Waals surface area contributed by atoms with Gasteiger partial charge >= 0.3 is 5.97 Å². The number of ether oxygens (including phenoxy) is 1. The van der Waals surface area contributed by atoms with Crippen molar-refractivity contribution >= 4 is 21.9 Å². The van der Waals surface area contributed by atoms with Gasteiger partial charge in [0.15, 0.2) is 0 Å². The first-order valence-electron chi connectivity index (χ1n) is 10.3. The van der Waals surface area contributed by atoms with E-state index >= 15 is 0 Å². The van der Waals surface area contributed by atoms with Crippen molar-refractivity contribution in [2.75, 3.05) is 19.7 Å². The third-order valence-electron chi connectivity index (χ3n) is 5.34. The average Bonchev–Trinajstić information content (AvgIpc) is 3.07. The number of aromatic nitrogens is 2. The molecule has 1 unspecified atom stereocenters. The molecular weight excluding hydrogens is 420 g/mol. The van der Waals surface area contributed by atoms with E-state index in [-0.39, 0.29) is 29.5 Å². The van der Waals surface area contributed by atoms with Gasteiger partial charge in [-0.15, -0.1) is 0 Å². The van der Waals surface area contributed by atoms with E-state index in [1.807, 2.05) is 6.07 Å². The molecule has 0 aliphatic carbocycles. The van der Waals surface area contributed by atoms with Crippen LogP contribution >= 0.6 is 0 Å². The molecule has 2 aromatic heterocycles. The van der Waals surface area contributed by atoms with Crippen LogP contribution in [0.4, 0.5) is 0 Å². The molecule has 1 aliphatic heterocycles. The summed E-state index contributed by atoms with van der Waals surface area (Å²) in [4.78, 5) is 32.0. The van der Waals surface area contributed by atoms with Crippen molar-refractivity contribution in [3.05, 3.63) is 47.0 Å². The second-order valence-corrected chi connectivity index (χ2v) is 9.46. The number of hydrogen-bond donors (Lipinski definition) is 2. The molecule has 0 aromatic carbocycles. The first-order valence-corrected chi connectivity index (χ1v) is 11.7. The Balaban J connectivity index is 1.78. The maximum absolute atomic E-state index is 13.5. The van der Waals surface area contributed by atoms with Crippen LogP contribution in [0.2, 0.25) is 0 Å². The molecule has 2 aromatic rings. The molecule has 3 rings (SSSR count). The molecule has 1 saturated heterocycles. The van der Waals surface area contributed by atoms with Crippen molar-refractivity contribution in [1.29, 1.82) is 0 Å². The second-order valence-electron chi connectivity index (χ2n) is 7.58. The maximum Gasteiger partial charge on any atom is 0.341 e. The van der Waals surface area contributed by atoms with Gasteiger partial charge < -0.3 is 15.0 Å². The topological polar surface area (TPSA) is 121 Å². The summed E-state index contributed by atoms with van der Waals surface area (Å²) in [5.74, 6) is -1.34. The molecule has 3 heterocycles. The van der Waals surface area contributed by atoms with Gasteiger partial charge in [-0.25, -0.2) is 13.2 Å². The van der Waals surface area contributed by atoms with E-state index in [0.29, 0.717) is 37.3 Å². The Hall–Kier alpha value is -2.72. The number of nitrogens with zero attached hydrogens (tertiary/aromatic N) is 2. The lowest BCUT2D eigenvalue weighted by Gasteiger charge is -2.31. The minimum atomic E-state index is -3.99. The van der Waals surface area contributed by atoms with Crippen LogP contribution in [0.25, 0.3) is 0 Å². The van der Waals surface area contributed by atoms with Crippen molar-refractivity contribution in [3.8, 4) is 0 Å². The van der Waals surface area contributed by atoms with Crippen molar-refractivity contribution in [1.82, 2.24) is 19.6 Å². The number of aryl methyl sites for hydroxylation is 2. The predicted octanol–water partition coefficient (Wildman–Crippen LogP) is 1.92. The van der Waals surface area contributed by atoms with E-state index in [1.54, 1.807) is 39.2 Å². The molecule has 10 heteroatoms. The number of hydrogen-bond acceptors (Lipinski definition) is 6. The normalized spacial score (nSPS) is 17.3. The Kier molecular flexibility index (Phi) is 7.11. The molecule has 1 fully saturated rings. The van der Waals surface area contributed by atoms with Crippen LogP contribution in [0.5, 0.6) is 0 Å². The molecule has 0 spiro atoms. The minimum Gasteiger partial charge on any atom is -0.462 e. The third-order valence-corrected chi connectivity index (χ3v) is 7.38. The Morgan fingerprint density at radius 2 is 2.10 bits per heavy atom. The van der Waals surface area contributed by atoms with E-state index in [4.69, 9.17) is 4.74 Å². The molecule has 9 nitrogen and oxygen atoms in total. The molecule has 31 heavy (non-hydrogen) atoms. The minimum absolute atomic E-state index is 0.0301. The van der Waals surface area contributed by atoms with E-state index in [2.05, 4.69) is 15.3 Å². The van der Waals surface area contributed by atoms with Crippen LogP contribution in [-0.4, -0.2) is 54.3 Å². The molecule has 1 aliphatic rings. The monoisotopic (exact) mass is 448 g/mol. The number of nitrogens with one attached hydrogen (secondary N) is 2. The van der Waals surface area contributed by atoms with Crippen LogP contribution in [-0.2, 0) is 26.1 Å². The van der Waals surface area contributed by atoms with Crippen molar-refractivity contribution in [2.45, 2.75) is 45.1 Å². The summed E-state index contributed by atoms with van der Waals surface area (Å²) in [5, 5.41) is 2.86. The maximum atomic E-state index is 13.5. The van der Waals surface area contributed by atoms with Crippen LogP contribution in [0.15, 0.2) is 29.4 Å². The Labute approximate surface area is 182 Å². The number of esters is 1. The molecule has 168 valence electrons. The Morgan fingerprint density at radius 3 is 2.77 bits per heavy atom. The number of carbonyl (C=O) groups is 2. The van der Waals surface area contributed by atoms with Crippen LogP contribution in [0.3, 0.4) is 0 Å². The highest BCUT2D eigenvalue weighted by molar-refractivity contribution is 7.89. The zero-order valence-corrected chi connectivity index (χ0v) is 18.8. The number of pyridine rings is 1. The van der Waals surface area contributed by atoms with Crippen molar-refractivity contribution < 1.29 is 22.7 Å². The summed E-state index contributed by atoms with van der Waals surface area (Å²) in [6.07, 6.45) is 4.48. The first-order chi connectivity index (χ1) is 14.8. The fourth-order valence-corrected chi connectivity index (χ4v) is 5.81. The zero-order valence-electron chi connectivity index (χ0n) is 18.0. The number of amides is 1. The van der Waals surface area contributed by atoms with Crippen LogP contribution in [0, 0.1) is 19.8 Å². The van der Waals surface area contributed by atoms with Gasteiger partial charge in [0.05, 0.1) is 12.5 Å². The number of aromatic amines is 1. The van der Waals surface area contributed by atoms with E-state index in [9.17, 15) is 18.0 Å². The van der Waals surface area contributed by atoms with Gasteiger partial charge in [-0.1, -0.05) is 6.07 Å². The van der Waals surface area contributed by atoms with Gasteiger partial charge in [-0.3, -0.25) is 9.78 Å². The van der Waals surface area contributed by atoms with Crippen molar-refractivity contribution in [2.24, 2.45) is 5.92 Å². The summed E-state index contributed by atoms with van der Waals surface area (Å²) >= 11 is 0. The van der Waals surface area contributed by atoms with E-state index < -0.39 is 21.9 Å². The summed E-state index contributed by atoms with van der Waals surface area (Å²) in [5.41, 5.74) is 1.72. The average molecular weight is 449 g/mol. The summed E-state index contributed by atoms with van der Waals surface area (Å²) < 4.78 is 33.3. The fraction of sp³-hybridized carbons (Fsp3) is 0.476. The lowest BCUT2D eigenvalue weighted by Crippen LogP contribution is -2.45. The highest BCUT2D eigenvalue weighted by Crippen LogP contribution is 2.30. The van der Waals surface area contributed by atoms with E-state index in [1.165, 1.54) is 4.31 Å². The third kappa shape index (κ3) is 4.96. The van der Waals surface area contributed by atoms with Crippen LogP contribution in [0.1, 0.15) is 47.1 Å². The van der Waals surface area contributed by atoms with Gasteiger partial charge in [0, 0.05) is 43.4 Å². The highest BCUT2D eigenvalue weighted by Gasteiger charge is 2.38. The summed E-state index contributed by atoms with van der Waals surface area (Å²) in [6.45, 7) is 5.76. The SMILES string of the molecule is CCOC(=O)c1c(C)[nH]c(C)c1S(=O)(=O)N1CCCC(C(=O)NCc2cccnc2)C1. The van der Waals surface area contributed by atoms with Gasteiger partial charge in [0.2, 0.25) is 15.9 Å². The molecule has 0 saturated carbocycles. The largest absolute Gasteiger partial charge is 0.462 e. The number of sulfonamides is 1. The lowest BCUT2D eigenvalue weighted by molar-refractivity contribution is -0.126. The molecular formula is C21H28N4O5S. The molecule has 0 radical (unpaired) electrons. The first kappa shape index (κ1) is 23.0.